The first-order valence-electron chi connectivity index (χ1n) is 10.9. The molecule has 0 radical (unpaired) electrons. The van der Waals surface area contributed by atoms with Crippen LogP contribution in [0.25, 0.3) is 0 Å². The molecule has 3 aliphatic rings. The molecule has 0 spiro atoms. The maximum atomic E-state index is 12.6. The number of amides is 1. The third-order valence-corrected chi connectivity index (χ3v) is 6.77. The van der Waals surface area contributed by atoms with Crippen molar-refractivity contribution < 1.29 is 4.79 Å². The number of rotatable bonds is 6. The third kappa shape index (κ3) is 5.43. The lowest BCUT2D eigenvalue weighted by Gasteiger charge is -2.44. The number of nitrogens with zero attached hydrogens (tertiary/aromatic N) is 2. The Morgan fingerprint density at radius 1 is 0.960 bits per heavy atom. The van der Waals surface area contributed by atoms with Gasteiger partial charge in [-0.1, -0.05) is 19.3 Å². The second kappa shape index (κ2) is 9.36. The van der Waals surface area contributed by atoms with E-state index < -0.39 is 0 Å². The van der Waals surface area contributed by atoms with Gasteiger partial charge in [0, 0.05) is 44.2 Å². The lowest BCUT2D eigenvalue weighted by Crippen LogP contribution is -2.51. The first-order chi connectivity index (χ1) is 12.1. The van der Waals surface area contributed by atoms with E-state index in [-0.39, 0.29) is 6.04 Å². The van der Waals surface area contributed by atoms with Gasteiger partial charge in [-0.2, -0.15) is 0 Å². The summed E-state index contributed by atoms with van der Waals surface area (Å²) in [6.07, 6.45) is 12.5. The molecule has 2 aliphatic heterocycles. The van der Waals surface area contributed by atoms with Crippen LogP contribution >= 0.6 is 0 Å². The molecular weight excluding hydrogens is 310 g/mol. The summed E-state index contributed by atoms with van der Waals surface area (Å²) in [4.78, 5) is 17.4. The number of hydrogen-bond donors (Lipinski definition) is 1. The zero-order valence-corrected chi connectivity index (χ0v) is 16.5. The fourth-order valence-corrected chi connectivity index (χ4v) is 4.89. The van der Waals surface area contributed by atoms with Gasteiger partial charge in [-0.3, -0.25) is 4.79 Å². The Morgan fingerprint density at radius 2 is 1.68 bits per heavy atom. The Morgan fingerprint density at radius 3 is 2.32 bits per heavy atom. The molecule has 4 nitrogen and oxygen atoms in total. The molecule has 1 N–H and O–H groups in total. The largest absolute Gasteiger partial charge is 0.343 e. The van der Waals surface area contributed by atoms with Crippen LogP contribution in [0.3, 0.4) is 0 Å². The Hall–Kier alpha value is -0.610. The van der Waals surface area contributed by atoms with Gasteiger partial charge in [0.15, 0.2) is 0 Å². The fraction of sp³-hybridized carbons (Fsp3) is 0.952. The average Bonchev–Trinajstić information content (AvgIpc) is 2.82. The minimum Gasteiger partial charge on any atom is -0.343 e. The van der Waals surface area contributed by atoms with E-state index in [0.717, 1.165) is 25.0 Å². The molecule has 2 heterocycles. The van der Waals surface area contributed by atoms with Gasteiger partial charge in [-0.05, 0) is 64.8 Å². The van der Waals surface area contributed by atoms with Crippen molar-refractivity contribution in [2.45, 2.75) is 96.2 Å². The molecule has 3 rings (SSSR count). The molecule has 0 aromatic rings. The standard InChI is InChI=1S/C21H39N3O/c1-17(15-21(25)23-12-5-3-4-6-13-23)22-18(2)19-9-8-14-24(16-19)20-10-7-11-20/h17-20,22H,3-16H2,1-2H3. The van der Waals surface area contributed by atoms with Crippen LogP contribution < -0.4 is 5.32 Å². The van der Waals surface area contributed by atoms with Crippen molar-refractivity contribution in [3.63, 3.8) is 0 Å². The molecule has 0 bridgehead atoms. The van der Waals surface area contributed by atoms with Gasteiger partial charge in [0.1, 0.15) is 0 Å². The van der Waals surface area contributed by atoms with Crippen LogP contribution in [0.2, 0.25) is 0 Å². The van der Waals surface area contributed by atoms with Crippen molar-refractivity contribution in [3.05, 3.63) is 0 Å². The lowest BCUT2D eigenvalue weighted by molar-refractivity contribution is -0.131. The van der Waals surface area contributed by atoms with E-state index in [0.29, 0.717) is 18.4 Å². The summed E-state index contributed by atoms with van der Waals surface area (Å²) >= 11 is 0. The van der Waals surface area contributed by atoms with Gasteiger partial charge in [0.2, 0.25) is 5.91 Å². The van der Waals surface area contributed by atoms with Crippen LogP contribution in [0.4, 0.5) is 0 Å². The van der Waals surface area contributed by atoms with Crippen LogP contribution in [0.1, 0.15) is 78.1 Å². The summed E-state index contributed by atoms with van der Waals surface area (Å²) in [6, 6.07) is 1.66. The van der Waals surface area contributed by atoms with Crippen molar-refractivity contribution >= 4 is 5.91 Å². The van der Waals surface area contributed by atoms with E-state index in [1.807, 2.05) is 0 Å². The fourth-order valence-electron chi connectivity index (χ4n) is 4.89. The zero-order valence-electron chi connectivity index (χ0n) is 16.5. The summed E-state index contributed by atoms with van der Waals surface area (Å²) in [5.41, 5.74) is 0. The first kappa shape index (κ1) is 19.2. The van der Waals surface area contributed by atoms with Gasteiger partial charge in [-0.15, -0.1) is 0 Å². The minimum absolute atomic E-state index is 0.282. The first-order valence-corrected chi connectivity index (χ1v) is 10.9. The molecule has 1 saturated carbocycles. The summed E-state index contributed by atoms with van der Waals surface area (Å²) in [6.45, 7) is 9.03. The number of carbonyl (C=O) groups excluding carboxylic acids is 1. The molecule has 3 unspecified atom stereocenters. The molecule has 144 valence electrons. The van der Waals surface area contributed by atoms with Crippen molar-refractivity contribution in [3.8, 4) is 0 Å². The Labute approximate surface area is 154 Å². The van der Waals surface area contributed by atoms with Crippen LogP contribution in [-0.4, -0.2) is 60.0 Å². The third-order valence-electron chi connectivity index (χ3n) is 6.77. The number of nitrogens with one attached hydrogen (secondary N) is 1. The molecule has 4 heteroatoms. The monoisotopic (exact) mass is 349 g/mol. The Bertz CT molecular complexity index is 415. The van der Waals surface area contributed by atoms with Crippen molar-refractivity contribution in [2.75, 3.05) is 26.2 Å². The molecule has 3 atom stereocenters. The summed E-state index contributed by atoms with van der Waals surface area (Å²) in [5.74, 6) is 1.10. The highest BCUT2D eigenvalue weighted by Crippen LogP contribution is 2.30. The quantitative estimate of drug-likeness (QED) is 0.798. The predicted molar refractivity (Wildman–Crippen MR) is 104 cm³/mol. The SMILES string of the molecule is CC(CC(=O)N1CCCCCC1)NC(C)C1CCCN(C2CCC2)C1. The van der Waals surface area contributed by atoms with Gasteiger partial charge in [0.05, 0.1) is 0 Å². The maximum Gasteiger partial charge on any atom is 0.224 e. The summed E-state index contributed by atoms with van der Waals surface area (Å²) < 4.78 is 0. The number of piperidine rings is 1. The Balaban J connectivity index is 1.41. The second-order valence-corrected chi connectivity index (χ2v) is 8.84. The van der Waals surface area contributed by atoms with Gasteiger partial charge in [-0.25, -0.2) is 0 Å². The van der Waals surface area contributed by atoms with Gasteiger partial charge < -0.3 is 15.1 Å². The second-order valence-electron chi connectivity index (χ2n) is 8.84. The number of likely N-dealkylation sites (tertiary alicyclic amines) is 2. The topological polar surface area (TPSA) is 35.6 Å². The van der Waals surface area contributed by atoms with Crippen molar-refractivity contribution in [2.24, 2.45) is 5.92 Å². The van der Waals surface area contributed by atoms with E-state index in [1.54, 1.807) is 0 Å². The zero-order chi connectivity index (χ0) is 17.6. The van der Waals surface area contributed by atoms with Crippen molar-refractivity contribution in [1.29, 1.82) is 0 Å². The highest BCUT2D eigenvalue weighted by atomic mass is 16.2. The van der Waals surface area contributed by atoms with Crippen LogP contribution in [0.5, 0.6) is 0 Å². The molecule has 1 amide bonds. The summed E-state index contributed by atoms with van der Waals surface area (Å²) in [7, 11) is 0. The van der Waals surface area contributed by atoms with E-state index in [2.05, 4.69) is 29.0 Å². The van der Waals surface area contributed by atoms with Crippen LogP contribution in [0, 0.1) is 5.92 Å². The van der Waals surface area contributed by atoms with E-state index in [9.17, 15) is 4.79 Å². The summed E-state index contributed by atoms with van der Waals surface area (Å²) in [5, 5.41) is 3.76. The van der Waals surface area contributed by atoms with E-state index in [4.69, 9.17) is 0 Å². The number of hydrogen-bond acceptors (Lipinski definition) is 3. The highest BCUT2D eigenvalue weighted by Gasteiger charge is 2.32. The highest BCUT2D eigenvalue weighted by molar-refractivity contribution is 5.76. The minimum atomic E-state index is 0.282. The molecule has 1 aliphatic carbocycles. The molecule has 2 saturated heterocycles. The van der Waals surface area contributed by atoms with Crippen molar-refractivity contribution in [1.82, 2.24) is 15.1 Å². The molecular formula is C21H39N3O. The Kier molecular flexibility index (Phi) is 7.18. The van der Waals surface area contributed by atoms with E-state index in [1.165, 1.54) is 70.9 Å². The normalized spacial score (nSPS) is 28.9. The predicted octanol–water partition coefficient (Wildman–Crippen LogP) is 3.41. The van der Waals surface area contributed by atoms with Crippen LogP contribution in [0.15, 0.2) is 0 Å². The molecule has 0 aromatic heterocycles. The van der Waals surface area contributed by atoms with Gasteiger partial charge >= 0.3 is 0 Å². The smallest absolute Gasteiger partial charge is 0.224 e. The average molecular weight is 350 g/mol. The van der Waals surface area contributed by atoms with Crippen LogP contribution in [-0.2, 0) is 4.79 Å². The maximum absolute atomic E-state index is 12.6. The number of carbonyl (C=O) groups is 1. The molecule has 3 fully saturated rings. The molecule has 0 aromatic carbocycles. The van der Waals surface area contributed by atoms with Gasteiger partial charge in [0.25, 0.3) is 0 Å². The lowest BCUT2D eigenvalue weighted by atomic mass is 9.85. The van der Waals surface area contributed by atoms with E-state index >= 15 is 0 Å². The molecule has 25 heavy (non-hydrogen) atoms.